The Kier molecular flexibility index (Phi) is 4.14. The summed E-state index contributed by atoms with van der Waals surface area (Å²) in [6.07, 6.45) is 0. The molecule has 0 radical (unpaired) electrons. The van der Waals surface area contributed by atoms with Crippen LogP contribution in [0.4, 0.5) is 0 Å². The number of fused-ring (bicyclic) bond motifs is 1. The molecule has 0 bridgehead atoms. The molecule has 0 atom stereocenters. The number of hydrogen-bond donors (Lipinski definition) is 2. The summed E-state index contributed by atoms with van der Waals surface area (Å²) in [7, 11) is 3.15. The molecule has 1 heterocycles. The summed E-state index contributed by atoms with van der Waals surface area (Å²) in [5.74, 6) is 0.999. The molecule has 0 aliphatic heterocycles. The number of ether oxygens (including phenoxy) is 2. The summed E-state index contributed by atoms with van der Waals surface area (Å²) >= 11 is 0. The van der Waals surface area contributed by atoms with Crippen LogP contribution in [0.2, 0.25) is 0 Å². The van der Waals surface area contributed by atoms with Crippen molar-refractivity contribution in [2.45, 2.75) is 6.54 Å². The van der Waals surface area contributed by atoms with E-state index in [-0.39, 0.29) is 5.91 Å². The van der Waals surface area contributed by atoms with Crippen LogP contribution in [0.15, 0.2) is 42.5 Å². The number of H-pyrrole nitrogens is 1. The quantitative estimate of drug-likeness (QED) is 0.759. The first-order chi connectivity index (χ1) is 11.2. The first kappa shape index (κ1) is 14.9. The van der Waals surface area contributed by atoms with Crippen molar-refractivity contribution in [2.75, 3.05) is 14.2 Å². The van der Waals surface area contributed by atoms with Crippen LogP contribution in [0.1, 0.15) is 16.1 Å². The number of nitrogens with zero attached hydrogens (tertiary/aromatic N) is 1. The molecule has 3 rings (SSSR count). The number of amides is 1. The van der Waals surface area contributed by atoms with Gasteiger partial charge in [-0.25, -0.2) is 0 Å². The number of carbonyl (C=O) groups is 1. The predicted molar refractivity (Wildman–Crippen MR) is 86.8 cm³/mol. The van der Waals surface area contributed by atoms with E-state index in [2.05, 4.69) is 15.5 Å². The molecular formula is C17H17N3O3. The Morgan fingerprint density at radius 1 is 1.13 bits per heavy atom. The molecule has 1 aromatic heterocycles. The van der Waals surface area contributed by atoms with Gasteiger partial charge in [-0.05, 0) is 12.1 Å². The standard InChI is InChI=1S/C17H17N3O3/c1-22-14-9-5-6-11(16(14)23-2)10-18-17(21)15-12-7-3-4-8-13(12)19-20-15/h3-9H,10H2,1-2H3,(H,18,21)(H,19,20). The van der Waals surface area contributed by atoms with E-state index in [9.17, 15) is 4.79 Å². The van der Waals surface area contributed by atoms with Crippen LogP contribution >= 0.6 is 0 Å². The van der Waals surface area contributed by atoms with E-state index in [1.807, 2.05) is 42.5 Å². The lowest BCUT2D eigenvalue weighted by molar-refractivity contribution is 0.0947. The highest BCUT2D eigenvalue weighted by Gasteiger charge is 2.15. The smallest absolute Gasteiger partial charge is 0.272 e. The number of aromatic amines is 1. The molecule has 2 N–H and O–H groups in total. The summed E-state index contributed by atoms with van der Waals surface area (Å²) in [5.41, 5.74) is 2.04. The van der Waals surface area contributed by atoms with Crippen LogP contribution in [0.3, 0.4) is 0 Å². The zero-order valence-corrected chi connectivity index (χ0v) is 12.9. The van der Waals surface area contributed by atoms with E-state index in [1.54, 1.807) is 14.2 Å². The lowest BCUT2D eigenvalue weighted by Crippen LogP contribution is -2.23. The van der Waals surface area contributed by atoms with Gasteiger partial charge in [-0.3, -0.25) is 9.89 Å². The van der Waals surface area contributed by atoms with Gasteiger partial charge in [0.1, 0.15) is 0 Å². The van der Waals surface area contributed by atoms with Crippen molar-refractivity contribution in [1.29, 1.82) is 0 Å². The van der Waals surface area contributed by atoms with Crippen LogP contribution in [0, 0.1) is 0 Å². The summed E-state index contributed by atoms with van der Waals surface area (Å²) in [5, 5.41) is 10.6. The molecule has 0 unspecified atom stereocenters. The van der Waals surface area contributed by atoms with Gasteiger partial charge in [0, 0.05) is 17.5 Å². The van der Waals surface area contributed by atoms with Gasteiger partial charge in [0.25, 0.3) is 5.91 Å². The number of hydrogen-bond acceptors (Lipinski definition) is 4. The van der Waals surface area contributed by atoms with Crippen LogP contribution in [0.25, 0.3) is 10.9 Å². The van der Waals surface area contributed by atoms with Crippen molar-refractivity contribution in [1.82, 2.24) is 15.5 Å². The maximum atomic E-state index is 12.4. The lowest BCUT2D eigenvalue weighted by Gasteiger charge is -2.12. The maximum Gasteiger partial charge on any atom is 0.272 e. The molecule has 3 aromatic rings. The van der Waals surface area contributed by atoms with Crippen molar-refractivity contribution in [2.24, 2.45) is 0 Å². The number of benzene rings is 2. The van der Waals surface area contributed by atoms with Crippen LogP contribution in [-0.2, 0) is 6.54 Å². The fraction of sp³-hybridized carbons (Fsp3) is 0.176. The number of aromatic nitrogens is 2. The van der Waals surface area contributed by atoms with E-state index >= 15 is 0 Å². The molecule has 0 aliphatic rings. The number of methoxy groups -OCH3 is 2. The highest BCUT2D eigenvalue weighted by Crippen LogP contribution is 2.30. The van der Waals surface area contributed by atoms with E-state index in [0.29, 0.717) is 23.7 Å². The summed E-state index contributed by atoms with van der Waals surface area (Å²) in [4.78, 5) is 12.4. The Balaban J connectivity index is 1.80. The van der Waals surface area contributed by atoms with Crippen LogP contribution < -0.4 is 14.8 Å². The van der Waals surface area contributed by atoms with Crippen LogP contribution in [-0.4, -0.2) is 30.3 Å². The van der Waals surface area contributed by atoms with E-state index < -0.39 is 0 Å². The third-order valence-electron chi connectivity index (χ3n) is 3.61. The highest BCUT2D eigenvalue weighted by atomic mass is 16.5. The van der Waals surface area contributed by atoms with Crippen molar-refractivity contribution in [3.8, 4) is 11.5 Å². The first-order valence-corrected chi connectivity index (χ1v) is 7.15. The minimum absolute atomic E-state index is 0.243. The SMILES string of the molecule is COc1cccc(CNC(=O)c2n[nH]c3ccccc23)c1OC. The molecule has 23 heavy (non-hydrogen) atoms. The first-order valence-electron chi connectivity index (χ1n) is 7.15. The minimum atomic E-state index is -0.243. The van der Waals surface area contributed by atoms with Crippen LogP contribution in [0.5, 0.6) is 11.5 Å². The minimum Gasteiger partial charge on any atom is -0.493 e. The van der Waals surface area contributed by atoms with Gasteiger partial charge >= 0.3 is 0 Å². The molecule has 0 fully saturated rings. The van der Waals surface area contributed by atoms with Gasteiger partial charge < -0.3 is 14.8 Å². The second-order valence-corrected chi connectivity index (χ2v) is 4.95. The zero-order valence-electron chi connectivity index (χ0n) is 12.9. The molecule has 0 aliphatic carbocycles. The van der Waals surface area contributed by atoms with Crippen molar-refractivity contribution in [3.05, 3.63) is 53.7 Å². The Bertz CT molecular complexity index is 842. The van der Waals surface area contributed by atoms with E-state index in [1.165, 1.54) is 0 Å². The molecule has 0 saturated carbocycles. The molecule has 6 nitrogen and oxygen atoms in total. The lowest BCUT2D eigenvalue weighted by atomic mass is 10.1. The zero-order chi connectivity index (χ0) is 16.2. The Hall–Kier alpha value is -3.02. The Labute approximate surface area is 133 Å². The average molecular weight is 311 g/mol. The molecule has 6 heteroatoms. The number of rotatable bonds is 5. The van der Waals surface area contributed by atoms with Gasteiger partial charge in [-0.1, -0.05) is 30.3 Å². The average Bonchev–Trinajstić information content (AvgIpc) is 3.03. The summed E-state index contributed by atoms with van der Waals surface area (Å²) in [6, 6.07) is 13.1. The summed E-state index contributed by atoms with van der Waals surface area (Å²) in [6.45, 7) is 0.320. The molecule has 0 saturated heterocycles. The molecule has 0 spiro atoms. The van der Waals surface area contributed by atoms with E-state index in [0.717, 1.165) is 16.5 Å². The monoisotopic (exact) mass is 311 g/mol. The predicted octanol–water partition coefficient (Wildman–Crippen LogP) is 2.51. The molecule has 118 valence electrons. The second-order valence-electron chi connectivity index (χ2n) is 4.95. The number of nitrogens with one attached hydrogen (secondary N) is 2. The van der Waals surface area contributed by atoms with Gasteiger partial charge in [0.15, 0.2) is 17.2 Å². The molecule has 2 aromatic carbocycles. The van der Waals surface area contributed by atoms with Crippen molar-refractivity contribution in [3.63, 3.8) is 0 Å². The number of carbonyl (C=O) groups excluding carboxylic acids is 1. The number of para-hydroxylation sites is 2. The Morgan fingerprint density at radius 2 is 1.96 bits per heavy atom. The van der Waals surface area contributed by atoms with Gasteiger partial charge in [-0.2, -0.15) is 5.10 Å². The third-order valence-corrected chi connectivity index (χ3v) is 3.61. The normalized spacial score (nSPS) is 10.5. The fourth-order valence-electron chi connectivity index (χ4n) is 2.49. The van der Waals surface area contributed by atoms with E-state index in [4.69, 9.17) is 9.47 Å². The molecular weight excluding hydrogens is 294 g/mol. The fourth-order valence-corrected chi connectivity index (χ4v) is 2.49. The van der Waals surface area contributed by atoms with Gasteiger partial charge in [0.05, 0.1) is 19.7 Å². The largest absolute Gasteiger partial charge is 0.493 e. The Morgan fingerprint density at radius 3 is 2.74 bits per heavy atom. The van der Waals surface area contributed by atoms with Gasteiger partial charge in [0.2, 0.25) is 0 Å². The van der Waals surface area contributed by atoms with Crippen molar-refractivity contribution < 1.29 is 14.3 Å². The maximum absolute atomic E-state index is 12.4. The highest BCUT2D eigenvalue weighted by molar-refractivity contribution is 6.04. The van der Waals surface area contributed by atoms with Gasteiger partial charge in [-0.15, -0.1) is 0 Å². The van der Waals surface area contributed by atoms with Crippen molar-refractivity contribution >= 4 is 16.8 Å². The topological polar surface area (TPSA) is 76.2 Å². The summed E-state index contributed by atoms with van der Waals surface area (Å²) < 4.78 is 10.6. The molecule has 1 amide bonds. The third kappa shape index (κ3) is 2.83. The second kappa shape index (κ2) is 6.39.